The number of amides is 1. The highest BCUT2D eigenvalue weighted by Gasteiger charge is 2.56. The molecule has 4 aliphatic rings. The fourth-order valence-electron chi connectivity index (χ4n) is 9.88. The molecule has 60 heavy (non-hydrogen) atoms. The van der Waals surface area contributed by atoms with Crippen LogP contribution in [0, 0.1) is 29.6 Å². The molecule has 1 amide bonds. The van der Waals surface area contributed by atoms with Gasteiger partial charge in [-0.15, -0.1) is 13.2 Å². The van der Waals surface area contributed by atoms with Crippen LogP contribution in [0.5, 0.6) is 0 Å². The van der Waals surface area contributed by atoms with Crippen LogP contribution in [0.4, 0.5) is 0 Å². The Kier molecular flexibility index (Phi) is 19.4. The lowest BCUT2D eigenvalue weighted by Gasteiger charge is -2.47. The number of Topliss-reactive ketones (excluding diaryl/α,β-unsaturated/α-hetero) is 2. The van der Waals surface area contributed by atoms with Gasteiger partial charge in [-0.2, -0.15) is 0 Å². The van der Waals surface area contributed by atoms with E-state index in [2.05, 4.69) is 32.2 Å². The topological polar surface area (TPSA) is 147 Å². The molecule has 12 heteroatoms. The number of ether oxygens (including phenoxy) is 6. The normalized spacial score (nSPS) is 38.2. The first kappa shape index (κ1) is 49.7. The number of aliphatic hydroxyl groups is 1. The van der Waals surface area contributed by atoms with Gasteiger partial charge in [0.05, 0.1) is 37.6 Å². The Balaban J connectivity index is 1.72. The van der Waals surface area contributed by atoms with Crippen molar-refractivity contribution in [1.29, 1.82) is 0 Å². The molecule has 1 aliphatic carbocycles. The molecule has 0 radical (unpaired) electrons. The largest absolute Gasteiger partial charge is 0.456 e. The molecule has 0 aromatic rings. The first-order valence-corrected chi connectivity index (χ1v) is 22.5. The third-order valence-electron chi connectivity index (χ3n) is 13.3. The van der Waals surface area contributed by atoms with Crippen molar-refractivity contribution in [1.82, 2.24) is 4.90 Å². The van der Waals surface area contributed by atoms with Crippen LogP contribution in [0.3, 0.4) is 0 Å². The van der Waals surface area contributed by atoms with Crippen molar-refractivity contribution in [3.8, 4) is 0 Å². The minimum Gasteiger partial charge on any atom is -0.456 e. The van der Waals surface area contributed by atoms with E-state index in [1.807, 2.05) is 27.7 Å². The van der Waals surface area contributed by atoms with E-state index >= 15 is 0 Å². The van der Waals surface area contributed by atoms with Crippen LogP contribution in [0.2, 0.25) is 0 Å². The molecule has 3 fully saturated rings. The molecule has 1 saturated carbocycles. The Labute approximate surface area is 359 Å². The first-order chi connectivity index (χ1) is 28.6. The molecular formula is C48H75NO11. The Bertz CT molecular complexity index is 1540. The van der Waals surface area contributed by atoms with Crippen molar-refractivity contribution in [2.24, 2.45) is 29.6 Å². The number of hydrogen-bond donors (Lipinski definition) is 1. The number of fused-ring (bicyclic) bond motifs is 3. The van der Waals surface area contributed by atoms with E-state index in [0.29, 0.717) is 71.0 Å². The molecule has 3 aliphatic heterocycles. The van der Waals surface area contributed by atoms with E-state index < -0.39 is 59.8 Å². The van der Waals surface area contributed by atoms with Crippen molar-refractivity contribution < 1.29 is 52.7 Å². The minimum atomic E-state index is -2.47. The second-order valence-electron chi connectivity index (χ2n) is 18.0. The van der Waals surface area contributed by atoms with Gasteiger partial charge >= 0.3 is 5.97 Å². The third kappa shape index (κ3) is 12.6. The van der Waals surface area contributed by atoms with Crippen LogP contribution in [-0.2, 0) is 47.6 Å². The summed E-state index contributed by atoms with van der Waals surface area (Å²) in [5, 5.41) is 12.1. The summed E-state index contributed by atoms with van der Waals surface area (Å²) in [6.45, 7) is 20.4. The van der Waals surface area contributed by atoms with Crippen LogP contribution in [0.25, 0.3) is 0 Å². The maximum atomic E-state index is 14.4. The second-order valence-corrected chi connectivity index (χ2v) is 18.0. The number of nitrogens with zero attached hydrogens (tertiary/aromatic N) is 1. The smallest absolute Gasteiger partial charge is 0.329 e. The zero-order valence-electron chi connectivity index (χ0n) is 37.7. The Morgan fingerprint density at radius 3 is 2.23 bits per heavy atom. The van der Waals surface area contributed by atoms with E-state index in [4.69, 9.17) is 28.4 Å². The summed E-state index contributed by atoms with van der Waals surface area (Å²) in [6.07, 6.45) is 11.6. The van der Waals surface area contributed by atoms with E-state index in [1.165, 1.54) is 4.90 Å². The maximum absolute atomic E-state index is 14.4. The van der Waals surface area contributed by atoms with Crippen molar-refractivity contribution in [2.45, 2.75) is 167 Å². The maximum Gasteiger partial charge on any atom is 0.329 e. The van der Waals surface area contributed by atoms with Gasteiger partial charge in [-0.05, 0) is 108 Å². The Hall–Kier alpha value is -3.00. The molecular weight excluding hydrogens is 767 g/mol. The number of cyclic esters (lactones) is 1. The Morgan fingerprint density at radius 1 is 0.917 bits per heavy atom. The van der Waals surface area contributed by atoms with Crippen LogP contribution in [-0.4, -0.2) is 116 Å². The molecule has 13 atom stereocenters. The van der Waals surface area contributed by atoms with E-state index in [9.17, 15) is 24.3 Å². The monoisotopic (exact) mass is 842 g/mol. The summed E-state index contributed by atoms with van der Waals surface area (Å²) in [5.41, 5.74) is 1.93. The minimum absolute atomic E-state index is 0.0800. The van der Waals surface area contributed by atoms with E-state index in [-0.39, 0.29) is 54.6 Å². The molecule has 0 aromatic carbocycles. The lowest BCUT2D eigenvalue weighted by Crippen LogP contribution is -2.64. The average Bonchev–Trinajstić information content (AvgIpc) is 3.24. The summed E-state index contributed by atoms with van der Waals surface area (Å²) in [7, 11) is 3.11. The zero-order chi connectivity index (χ0) is 44.1. The summed E-state index contributed by atoms with van der Waals surface area (Å²) in [4.78, 5) is 58.1. The number of carbonyl (C=O) groups excluding carboxylic acids is 4. The quantitative estimate of drug-likeness (QED) is 0.127. The standard InChI is InChI=1S/C48H75NO11/c1-11-22-57-39-20-18-35(29-40(39)58-23-12-2)27-33(7)43-32(6)17-19-38(50)36(13-3)25-30(4)24-31(5)26-41(55-9)44-42(56-10)28-34(8)48(54,60-44)45(51)46(52)49-21-15-14-16-37(49)47(53)59-43/h11-12,25,27,31-32,34-37,39-44,54H,1-2,13-24,26,28-29H2,3-10H3/b30-25+,33-27?. The van der Waals surface area contributed by atoms with Crippen molar-refractivity contribution in [3.05, 3.63) is 48.6 Å². The highest BCUT2D eigenvalue weighted by molar-refractivity contribution is 6.39. The number of rotatable bonds is 11. The van der Waals surface area contributed by atoms with Crippen molar-refractivity contribution >= 4 is 23.4 Å². The Morgan fingerprint density at radius 2 is 1.58 bits per heavy atom. The highest BCUT2D eigenvalue weighted by atomic mass is 16.7. The molecule has 1 N–H and O–H groups in total. The molecule has 0 aromatic heterocycles. The number of methoxy groups -OCH3 is 2. The lowest BCUT2D eigenvalue weighted by atomic mass is 9.82. The third-order valence-corrected chi connectivity index (χ3v) is 13.3. The van der Waals surface area contributed by atoms with Crippen LogP contribution >= 0.6 is 0 Å². The lowest BCUT2D eigenvalue weighted by molar-refractivity contribution is -0.302. The second kappa shape index (κ2) is 23.4. The number of esters is 1. The zero-order valence-corrected chi connectivity index (χ0v) is 37.7. The number of ketones is 2. The first-order valence-electron chi connectivity index (χ1n) is 22.5. The molecule has 338 valence electrons. The fraction of sp³-hybridized carbons (Fsp3) is 0.750. The van der Waals surface area contributed by atoms with Gasteiger partial charge in [0.25, 0.3) is 11.7 Å². The van der Waals surface area contributed by atoms with Crippen molar-refractivity contribution in [3.63, 3.8) is 0 Å². The molecule has 2 bridgehead atoms. The van der Waals surface area contributed by atoms with Crippen LogP contribution < -0.4 is 0 Å². The summed E-state index contributed by atoms with van der Waals surface area (Å²) >= 11 is 0. The predicted molar refractivity (Wildman–Crippen MR) is 230 cm³/mol. The molecule has 12 nitrogen and oxygen atoms in total. The van der Waals surface area contributed by atoms with Gasteiger partial charge in [0.15, 0.2) is 0 Å². The average molecular weight is 842 g/mol. The van der Waals surface area contributed by atoms with Gasteiger partial charge in [0.2, 0.25) is 5.79 Å². The number of hydrogen-bond acceptors (Lipinski definition) is 11. The summed E-state index contributed by atoms with van der Waals surface area (Å²) < 4.78 is 36.7. The summed E-state index contributed by atoms with van der Waals surface area (Å²) in [6, 6.07) is -1.04. The van der Waals surface area contributed by atoms with Gasteiger partial charge in [-0.3, -0.25) is 14.4 Å². The molecule has 4 rings (SSSR count). The number of piperidine rings is 1. The number of carbonyl (C=O) groups is 4. The van der Waals surface area contributed by atoms with Crippen molar-refractivity contribution in [2.75, 3.05) is 34.0 Å². The van der Waals surface area contributed by atoms with Crippen LogP contribution in [0.1, 0.15) is 119 Å². The van der Waals surface area contributed by atoms with Gasteiger partial charge in [-0.25, -0.2) is 4.79 Å². The number of allylic oxidation sites excluding steroid dienone is 3. The SMILES string of the molecule is C=CCOC1CCC(C=C(C)C2OC(=O)C3CCCCN3C(=O)C(=O)C3(O)OC(C(OC)CC(C)C/C(C)=C/C(CC)C(=O)CCC2C)C(OC)CC3C)CC1OCC=C. The van der Waals surface area contributed by atoms with Gasteiger partial charge in [-0.1, -0.05) is 57.6 Å². The molecule has 0 spiro atoms. The predicted octanol–water partition coefficient (Wildman–Crippen LogP) is 7.27. The molecule has 13 unspecified atom stereocenters. The van der Waals surface area contributed by atoms with Gasteiger partial charge < -0.3 is 38.4 Å². The summed E-state index contributed by atoms with van der Waals surface area (Å²) in [5.74, 6) is -6.14. The van der Waals surface area contributed by atoms with E-state index in [1.54, 1.807) is 33.3 Å². The molecule has 3 heterocycles. The van der Waals surface area contributed by atoms with E-state index in [0.717, 1.165) is 24.0 Å². The van der Waals surface area contributed by atoms with Crippen LogP contribution in [0.15, 0.2) is 48.6 Å². The van der Waals surface area contributed by atoms with Gasteiger partial charge in [0.1, 0.15) is 24.0 Å². The van der Waals surface area contributed by atoms with Gasteiger partial charge in [0, 0.05) is 39.0 Å². The highest BCUT2D eigenvalue weighted by Crippen LogP contribution is 2.39. The fourth-order valence-corrected chi connectivity index (χ4v) is 9.88. The molecule has 2 saturated heterocycles.